The molecule has 0 radical (unpaired) electrons. The fourth-order valence-corrected chi connectivity index (χ4v) is 3.79. The van der Waals surface area contributed by atoms with E-state index in [0.29, 0.717) is 16.5 Å². The van der Waals surface area contributed by atoms with Crippen molar-refractivity contribution in [1.29, 1.82) is 0 Å². The molecule has 0 heterocycles. The van der Waals surface area contributed by atoms with Crippen LogP contribution in [-0.4, -0.2) is 29.9 Å². The Morgan fingerprint density at radius 3 is 2.41 bits per heavy atom. The van der Waals surface area contributed by atoms with E-state index in [9.17, 15) is 9.59 Å². The average Bonchev–Trinajstić information content (AvgIpc) is 2.65. The van der Waals surface area contributed by atoms with Crippen molar-refractivity contribution in [3.63, 3.8) is 0 Å². The summed E-state index contributed by atoms with van der Waals surface area (Å²) in [6.07, 6.45) is 2.56. The summed E-state index contributed by atoms with van der Waals surface area (Å²) in [5, 5.41) is 5.93. The molecule has 2 N–H and O–H groups in total. The van der Waals surface area contributed by atoms with Crippen LogP contribution in [-0.2, 0) is 4.79 Å². The molecule has 6 heteroatoms. The SMILES string of the molecule is CSCCC(NC(=O)c1ccccc1Br)C(=O)NC(C)c1ccccc1C. The van der Waals surface area contributed by atoms with Crippen LogP contribution in [0.3, 0.4) is 0 Å². The zero-order valence-electron chi connectivity index (χ0n) is 15.8. The predicted octanol–water partition coefficient (Wildman–Crippen LogP) is 4.49. The van der Waals surface area contributed by atoms with Gasteiger partial charge in [-0.25, -0.2) is 0 Å². The van der Waals surface area contributed by atoms with Gasteiger partial charge in [-0.15, -0.1) is 0 Å². The highest BCUT2D eigenvalue weighted by Crippen LogP contribution is 2.18. The fourth-order valence-electron chi connectivity index (χ4n) is 2.85. The summed E-state index contributed by atoms with van der Waals surface area (Å²) in [6, 6.07) is 14.5. The van der Waals surface area contributed by atoms with E-state index in [-0.39, 0.29) is 17.9 Å². The summed E-state index contributed by atoms with van der Waals surface area (Å²) in [4.78, 5) is 25.5. The topological polar surface area (TPSA) is 58.2 Å². The van der Waals surface area contributed by atoms with Crippen molar-refractivity contribution in [2.75, 3.05) is 12.0 Å². The second kappa shape index (κ2) is 10.5. The first-order valence-electron chi connectivity index (χ1n) is 8.84. The van der Waals surface area contributed by atoms with E-state index in [0.717, 1.165) is 16.9 Å². The van der Waals surface area contributed by atoms with Gasteiger partial charge in [0.15, 0.2) is 0 Å². The second-order valence-corrected chi connectivity index (χ2v) is 8.21. The molecule has 0 aliphatic rings. The monoisotopic (exact) mass is 448 g/mol. The van der Waals surface area contributed by atoms with Gasteiger partial charge in [-0.05, 0) is 71.5 Å². The van der Waals surface area contributed by atoms with E-state index >= 15 is 0 Å². The van der Waals surface area contributed by atoms with Gasteiger partial charge in [0.2, 0.25) is 5.91 Å². The summed E-state index contributed by atoms with van der Waals surface area (Å²) >= 11 is 5.04. The van der Waals surface area contributed by atoms with Crippen molar-refractivity contribution in [2.24, 2.45) is 0 Å². The summed E-state index contributed by atoms with van der Waals surface area (Å²) < 4.78 is 0.708. The van der Waals surface area contributed by atoms with Crippen LogP contribution in [0.15, 0.2) is 53.0 Å². The number of halogens is 1. The molecule has 0 bridgehead atoms. The maximum Gasteiger partial charge on any atom is 0.253 e. The number of carbonyl (C=O) groups excluding carboxylic acids is 2. The number of nitrogens with one attached hydrogen (secondary N) is 2. The molecule has 144 valence electrons. The van der Waals surface area contributed by atoms with E-state index in [2.05, 4.69) is 26.6 Å². The second-order valence-electron chi connectivity index (χ2n) is 6.37. The van der Waals surface area contributed by atoms with E-state index in [1.54, 1.807) is 23.9 Å². The van der Waals surface area contributed by atoms with Crippen molar-refractivity contribution in [3.05, 3.63) is 69.7 Å². The highest BCUT2D eigenvalue weighted by molar-refractivity contribution is 9.10. The molecule has 0 fully saturated rings. The van der Waals surface area contributed by atoms with E-state index in [1.807, 2.05) is 56.5 Å². The Balaban J connectivity index is 2.10. The molecular weight excluding hydrogens is 424 g/mol. The minimum Gasteiger partial charge on any atom is -0.348 e. The van der Waals surface area contributed by atoms with Gasteiger partial charge in [0, 0.05) is 4.47 Å². The van der Waals surface area contributed by atoms with Gasteiger partial charge in [0.05, 0.1) is 11.6 Å². The number of hydrogen-bond acceptors (Lipinski definition) is 3. The summed E-state index contributed by atoms with van der Waals surface area (Å²) in [6.45, 7) is 3.99. The largest absolute Gasteiger partial charge is 0.348 e. The molecule has 2 aromatic rings. The van der Waals surface area contributed by atoms with Crippen molar-refractivity contribution < 1.29 is 9.59 Å². The molecule has 0 aliphatic heterocycles. The molecule has 0 aliphatic carbocycles. The van der Waals surface area contributed by atoms with Crippen LogP contribution >= 0.6 is 27.7 Å². The van der Waals surface area contributed by atoms with Gasteiger partial charge < -0.3 is 10.6 Å². The van der Waals surface area contributed by atoms with E-state index in [1.165, 1.54) is 0 Å². The van der Waals surface area contributed by atoms with Crippen LogP contribution in [0.1, 0.15) is 40.9 Å². The Morgan fingerprint density at radius 1 is 1.07 bits per heavy atom. The zero-order chi connectivity index (χ0) is 19.8. The number of aryl methyl sites for hydroxylation is 1. The van der Waals surface area contributed by atoms with Gasteiger partial charge >= 0.3 is 0 Å². The smallest absolute Gasteiger partial charge is 0.253 e. The molecule has 0 saturated carbocycles. The van der Waals surface area contributed by atoms with Gasteiger partial charge in [-0.3, -0.25) is 9.59 Å². The number of benzene rings is 2. The molecule has 2 unspecified atom stereocenters. The molecule has 2 atom stereocenters. The summed E-state index contributed by atoms with van der Waals surface area (Å²) in [5.74, 6) is 0.361. The minimum absolute atomic E-state index is 0.129. The normalized spacial score (nSPS) is 12.9. The first kappa shape index (κ1) is 21.5. The minimum atomic E-state index is -0.580. The Morgan fingerprint density at radius 2 is 1.74 bits per heavy atom. The lowest BCUT2D eigenvalue weighted by Crippen LogP contribution is -2.47. The van der Waals surface area contributed by atoms with Crippen LogP contribution in [0, 0.1) is 6.92 Å². The van der Waals surface area contributed by atoms with E-state index < -0.39 is 6.04 Å². The lowest BCUT2D eigenvalue weighted by Gasteiger charge is -2.22. The van der Waals surface area contributed by atoms with E-state index in [4.69, 9.17) is 0 Å². The number of thioether (sulfide) groups is 1. The van der Waals surface area contributed by atoms with Crippen LogP contribution in [0.5, 0.6) is 0 Å². The zero-order valence-corrected chi connectivity index (χ0v) is 18.2. The fraction of sp³-hybridized carbons (Fsp3) is 0.333. The lowest BCUT2D eigenvalue weighted by atomic mass is 10.0. The molecular formula is C21H25BrN2O2S. The number of rotatable bonds is 8. The highest BCUT2D eigenvalue weighted by atomic mass is 79.9. The van der Waals surface area contributed by atoms with Crippen LogP contribution in [0.25, 0.3) is 0 Å². The van der Waals surface area contributed by atoms with Crippen molar-refractivity contribution in [3.8, 4) is 0 Å². The van der Waals surface area contributed by atoms with Crippen molar-refractivity contribution in [1.82, 2.24) is 10.6 Å². The third-order valence-electron chi connectivity index (χ3n) is 4.36. The lowest BCUT2D eigenvalue weighted by molar-refractivity contribution is -0.123. The predicted molar refractivity (Wildman–Crippen MR) is 116 cm³/mol. The number of carbonyl (C=O) groups is 2. The van der Waals surface area contributed by atoms with Crippen molar-refractivity contribution in [2.45, 2.75) is 32.4 Å². The standard InChI is InChI=1S/C21H25BrN2O2S/c1-14-8-4-5-9-16(14)15(2)23-21(26)19(12-13-27-3)24-20(25)17-10-6-7-11-18(17)22/h4-11,15,19H,12-13H2,1-3H3,(H,23,26)(H,24,25). The van der Waals surface area contributed by atoms with Crippen LogP contribution in [0.2, 0.25) is 0 Å². The van der Waals surface area contributed by atoms with Gasteiger partial charge in [-0.2, -0.15) is 11.8 Å². The molecule has 2 amide bonds. The first-order chi connectivity index (χ1) is 12.9. The van der Waals surface area contributed by atoms with Gasteiger partial charge in [0.1, 0.15) is 6.04 Å². The van der Waals surface area contributed by atoms with Gasteiger partial charge in [0.25, 0.3) is 5.91 Å². The Kier molecular flexibility index (Phi) is 8.38. The summed E-state index contributed by atoms with van der Waals surface area (Å²) in [7, 11) is 0. The Bertz CT molecular complexity index is 797. The average molecular weight is 449 g/mol. The van der Waals surface area contributed by atoms with Gasteiger partial charge in [-0.1, -0.05) is 36.4 Å². The quantitative estimate of drug-likeness (QED) is 0.625. The maximum atomic E-state index is 12.8. The molecule has 27 heavy (non-hydrogen) atoms. The molecule has 0 saturated heterocycles. The Hall–Kier alpha value is -1.79. The molecule has 2 aromatic carbocycles. The third kappa shape index (κ3) is 6.11. The molecule has 2 rings (SSSR count). The number of amides is 2. The first-order valence-corrected chi connectivity index (χ1v) is 11.0. The highest BCUT2D eigenvalue weighted by Gasteiger charge is 2.23. The molecule has 0 aromatic heterocycles. The third-order valence-corrected chi connectivity index (χ3v) is 5.70. The number of hydrogen-bond donors (Lipinski definition) is 2. The maximum absolute atomic E-state index is 12.8. The van der Waals surface area contributed by atoms with Crippen molar-refractivity contribution >= 4 is 39.5 Å². The van der Waals surface area contributed by atoms with Crippen LogP contribution in [0.4, 0.5) is 0 Å². The van der Waals surface area contributed by atoms with Crippen LogP contribution < -0.4 is 10.6 Å². The Labute approximate surface area is 173 Å². The summed E-state index contributed by atoms with van der Waals surface area (Å²) in [5.41, 5.74) is 2.72. The molecule has 0 spiro atoms. The molecule has 4 nitrogen and oxygen atoms in total.